The second kappa shape index (κ2) is 3.88. The quantitative estimate of drug-likeness (QED) is 0.444. The summed E-state index contributed by atoms with van der Waals surface area (Å²) in [6, 6.07) is 10.5. The van der Waals surface area contributed by atoms with Crippen LogP contribution < -0.4 is 0 Å². The molecule has 2 N–H and O–H groups in total. The van der Waals surface area contributed by atoms with Crippen LogP contribution in [0.2, 0.25) is 0 Å². The van der Waals surface area contributed by atoms with Gasteiger partial charge >= 0.3 is 0 Å². The summed E-state index contributed by atoms with van der Waals surface area (Å²) < 4.78 is 1.85. The summed E-state index contributed by atoms with van der Waals surface area (Å²) in [6.45, 7) is 0. The Morgan fingerprint density at radius 3 is 2.53 bits per heavy atom. The number of rotatable bonds is 2. The van der Waals surface area contributed by atoms with Crippen molar-refractivity contribution in [2.45, 2.75) is 0 Å². The number of phenolic OH excluding ortho intramolecular Hbond substituents is 1. The van der Waals surface area contributed by atoms with Gasteiger partial charge in [0.1, 0.15) is 5.75 Å². The number of nitrogens with zero attached hydrogens (tertiary/aromatic N) is 2. The molecule has 4 nitrogen and oxygen atoms in total. The van der Waals surface area contributed by atoms with E-state index in [1.165, 1.54) is 6.21 Å². The lowest BCUT2D eigenvalue weighted by Gasteiger charge is -2.05. The van der Waals surface area contributed by atoms with Crippen molar-refractivity contribution in [1.82, 2.24) is 4.57 Å². The van der Waals surface area contributed by atoms with E-state index in [0.717, 1.165) is 11.4 Å². The van der Waals surface area contributed by atoms with E-state index in [1.54, 1.807) is 24.3 Å². The largest absolute Gasteiger partial charge is 0.508 e. The van der Waals surface area contributed by atoms with Gasteiger partial charge < -0.3 is 14.9 Å². The van der Waals surface area contributed by atoms with Crippen LogP contribution in [-0.2, 0) is 0 Å². The number of oxime groups is 1. The van der Waals surface area contributed by atoms with E-state index in [-0.39, 0.29) is 5.75 Å². The maximum Gasteiger partial charge on any atom is 0.115 e. The van der Waals surface area contributed by atoms with Crippen molar-refractivity contribution in [1.29, 1.82) is 0 Å². The number of hydrogen-bond acceptors (Lipinski definition) is 3. The molecule has 0 aliphatic rings. The Labute approximate surface area is 86.7 Å². The smallest absolute Gasteiger partial charge is 0.115 e. The van der Waals surface area contributed by atoms with Gasteiger partial charge in [0.25, 0.3) is 0 Å². The highest BCUT2D eigenvalue weighted by atomic mass is 16.4. The molecule has 0 atom stereocenters. The second-order valence-electron chi connectivity index (χ2n) is 3.06. The molecule has 4 heteroatoms. The van der Waals surface area contributed by atoms with Crippen molar-refractivity contribution in [3.05, 3.63) is 48.3 Å². The minimum absolute atomic E-state index is 0.225. The summed E-state index contributed by atoms with van der Waals surface area (Å²) in [5.74, 6) is 0.225. The Morgan fingerprint density at radius 1 is 1.13 bits per heavy atom. The van der Waals surface area contributed by atoms with Crippen LogP contribution in [0.4, 0.5) is 0 Å². The molecule has 1 aromatic heterocycles. The van der Waals surface area contributed by atoms with Gasteiger partial charge in [-0.15, -0.1) is 0 Å². The van der Waals surface area contributed by atoms with E-state index in [2.05, 4.69) is 5.16 Å². The summed E-state index contributed by atoms with van der Waals surface area (Å²) >= 11 is 0. The molecule has 1 aromatic carbocycles. The maximum atomic E-state index is 9.15. The third-order valence-corrected chi connectivity index (χ3v) is 2.10. The zero-order chi connectivity index (χ0) is 10.7. The Bertz CT molecular complexity index is 472. The highest BCUT2D eigenvalue weighted by molar-refractivity contribution is 5.78. The molecule has 0 spiro atoms. The highest BCUT2D eigenvalue weighted by Crippen LogP contribution is 2.15. The number of benzene rings is 1. The van der Waals surface area contributed by atoms with E-state index >= 15 is 0 Å². The maximum absolute atomic E-state index is 9.15. The molecule has 0 bridgehead atoms. The first-order chi connectivity index (χ1) is 7.31. The van der Waals surface area contributed by atoms with Crippen molar-refractivity contribution >= 4 is 6.21 Å². The lowest BCUT2D eigenvalue weighted by atomic mass is 10.3. The summed E-state index contributed by atoms with van der Waals surface area (Å²) in [7, 11) is 0. The summed E-state index contributed by atoms with van der Waals surface area (Å²) in [5, 5.41) is 20.6. The van der Waals surface area contributed by atoms with Gasteiger partial charge in [0, 0.05) is 11.9 Å². The van der Waals surface area contributed by atoms with Gasteiger partial charge in [0.05, 0.1) is 11.9 Å². The van der Waals surface area contributed by atoms with Crippen molar-refractivity contribution < 1.29 is 10.3 Å². The predicted octanol–water partition coefficient (Wildman–Crippen LogP) is 1.99. The highest BCUT2D eigenvalue weighted by Gasteiger charge is 2.00. The molecule has 0 aliphatic carbocycles. The monoisotopic (exact) mass is 202 g/mol. The van der Waals surface area contributed by atoms with Crippen LogP contribution in [0.15, 0.2) is 47.8 Å². The van der Waals surface area contributed by atoms with Gasteiger partial charge in [-0.05, 0) is 36.4 Å². The molecule has 76 valence electrons. The van der Waals surface area contributed by atoms with Crippen LogP contribution >= 0.6 is 0 Å². The minimum Gasteiger partial charge on any atom is -0.508 e. The Hall–Kier alpha value is -2.23. The van der Waals surface area contributed by atoms with Crippen molar-refractivity contribution in [3.63, 3.8) is 0 Å². The van der Waals surface area contributed by atoms with Crippen LogP contribution in [0.3, 0.4) is 0 Å². The molecule has 0 saturated carbocycles. The molecule has 2 rings (SSSR count). The first kappa shape index (κ1) is 9.33. The molecule has 2 aromatic rings. The molecule has 0 radical (unpaired) electrons. The molecule has 0 amide bonds. The topological polar surface area (TPSA) is 57.8 Å². The lowest BCUT2D eigenvalue weighted by Crippen LogP contribution is -1.97. The standard InChI is InChI=1S/C11H10N2O2/c14-11-5-3-9(4-6-11)13-7-1-2-10(13)8-12-15/h1-8,14-15H. The number of hydrogen-bond donors (Lipinski definition) is 2. The zero-order valence-corrected chi connectivity index (χ0v) is 7.91. The third-order valence-electron chi connectivity index (χ3n) is 2.10. The SMILES string of the molecule is ON=Cc1cccn1-c1ccc(O)cc1. The van der Waals surface area contributed by atoms with Gasteiger partial charge in [0.2, 0.25) is 0 Å². The van der Waals surface area contributed by atoms with E-state index in [1.807, 2.05) is 22.9 Å². The normalized spacial score (nSPS) is 10.9. The predicted molar refractivity (Wildman–Crippen MR) is 56.8 cm³/mol. The second-order valence-corrected chi connectivity index (χ2v) is 3.06. The van der Waals surface area contributed by atoms with Gasteiger partial charge in [0.15, 0.2) is 0 Å². The third kappa shape index (κ3) is 1.83. The van der Waals surface area contributed by atoms with Gasteiger partial charge in [-0.3, -0.25) is 0 Å². The number of aromatic hydroxyl groups is 1. The molecule has 0 unspecified atom stereocenters. The van der Waals surface area contributed by atoms with Crippen LogP contribution in [0, 0.1) is 0 Å². The minimum atomic E-state index is 0.225. The molecule has 15 heavy (non-hydrogen) atoms. The molecule has 0 aliphatic heterocycles. The van der Waals surface area contributed by atoms with E-state index in [9.17, 15) is 0 Å². The number of phenols is 1. The first-order valence-corrected chi connectivity index (χ1v) is 4.45. The molecular formula is C11H10N2O2. The van der Waals surface area contributed by atoms with Crippen molar-refractivity contribution in [2.75, 3.05) is 0 Å². The zero-order valence-electron chi connectivity index (χ0n) is 7.91. The molecular weight excluding hydrogens is 192 g/mol. The van der Waals surface area contributed by atoms with Crippen molar-refractivity contribution in [3.8, 4) is 11.4 Å². The fourth-order valence-electron chi connectivity index (χ4n) is 1.41. The van der Waals surface area contributed by atoms with Gasteiger partial charge in [-0.2, -0.15) is 0 Å². The summed E-state index contributed by atoms with van der Waals surface area (Å²) in [4.78, 5) is 0. The summed E-state index contributed by atoms with van der Waals surface area (Å²) in [5.41, 5.74) is 1.66. The van der Waals surface area contributed by atoms with Crippen LogP contribution in [0.5, 0.6) is 5.75 Å². The van der Waals surface area contributed by atoms with Gasteiger partial charge in [-0.1, -0.05) is 5.16 Å². The van der Waals surface area contributed by atoms with E-state index in [0.29, 0.717) is 0 Å². The molecule has 0 saturated heterocycles. The van der Waals surface area contributed by atoms with Crippen LogP contribution in [-0.4, -0.2) is 21.1 Å². The summed E-state index contributed by atoms with van der Waals surface area (Å²) in [6.07, 6.45) is 3.20. The Kier molecular flexibility index (Phi) is 2.41. The average molecular weight is 202 g/mol. The van der Waals surface area contributed by atoms with E-state index < -0.39 is 0 Å². The Morgan fingerprint density at radius 2 is 1.87 bits per heavy atom. The van der Waals surface area contributed by atoms with Crippen LogP contribution in [0.1, 0.15) is 5.69 Å². The average Bonchev–Trinajstić information content (AvgIpc) is 2.68. The lowest BCUT2D eigenvalue weighted by molar-refractivity contribution is 0.321. The Balaban J connectivity index is 2.44. The van der Waals surface area contributed by atoms with Crippen molar-refractivity contribution in [2.24, 2.45) is 5.16 Å². The fraction of sp³-hybridized carbons (Fsp3) is 0. The first-order valence-electron chi connectivity index (χ1n) is 4.45. The molecule has 0 fully saturated rings. The van der Waals surface area contributed by atoms with E-state index in [4.69, 9.17) is 10.3 Å². The van der Waals surface area contributed by atoms with Gasteiger partial charge in [-0.25, -0.2) is 0 Å². The van der Waals surface area contributed by atoms with Crippen LogP contribution in [0.25, 0.3) is 5.69 Å². The molecule has 1 heterocycles. The number of aromatic nitrogens is 1. The fourth-order valence-corrected chi connectivity index (χ4v) is 1.41.